The lowest BCUT2D eigenvalue weighted by molar-refractivity contribution is -0.121. The van der Waals surface area contributed by atoms with Crippen LogP contribution in [0.4, 0.5) is 17.3 Å². The quantitative estimate of drug-likeness (QED) is 0.475. The number of anilines is 3. The number of piperazine rings is 1. The number of hydrogen-bond donors (Lipinski definition) is 2. The Balaban J connectivity index is 1.40. The Kier molecular flexibility index (Phi) is 8.02. The van der Waals surface area contributed by atoms with Crippen molar-refractivity contribution >= 4 is 34.3 Å². The number of aryl methyl sites for hydroxylation is 1. The number of rotatable bonds is 7. The predicted octanol–water partition coefficient (Wildman–Crippen LogP) is 3.61. The number of carbonyl (C=O) groups is 1. The van der Waals surface area contributed by atoms with E-state index in [2.05, 4.69) is 38.5 Å². The summed E-state index contributed by atoms with van der Waals surface area (Å²) in [7, 11) is 3.81. The molecule has 2 fully saturated rings. The van der Waals surface area contributed by atoms with Gasteiger partial charge < -0.3 is 25.2 Å². The van der Waals surface area contributed by atoms with E-state index in [4.69, 9.17) is 9.72 Å². The van der Waals surface area contributed by atoms with Gasteiger partial charge in [0, 0.05) is 74.1 Å². The van der Waals surface area contributed by atoms with Gasteiger partial charge in [-0.05, 0) is 57.4 Å². The molecule has 39 heavy (non-hydrogen) atoms. The van der Waals surface area contributed by atoms with Crippen LogP contribution in [-0.2, 0) is 4.79 Å². The number of likely N-dealkylation sites (N-methyl/N-ethyl adjacent to an activating group) is 1. The summed E-state index contributed by atoms with van der Waals surface area (Å²) in [6, 6.07) is 7.99. The molecule has 1 aromatic carbocycles. The summed E-state index contributed by atoms with van der Waals surface area (Å²) in [4.78, 5) is 39.2. The number of nitrogens with zero attached hydrogens (tertiary/aromatic N) is 5. The number of ether oxygens (including phenoxy) is 1. The third kappa shape index (κ3) is 5.85. The normalized spacial score (nSPS) is 20.2. The van der Waals surface area contributed by atoms with Crippen LogP contribution in [0.5, 0.6) is 5.75 Å². The van der Waals surface area contributed by atoms with Crippen LogP contribution in [0.3, 0.4) is 0 Å². The first-order chi connectivity index (χ1) is 18.9. The Morgan fingerprint density at radius 1 is 1.10 bits per heavy atom. The number of nitrogens with one attached hydrogen (secondary N) is 2. The number of methoxy groups -OCH3 is 1. The Hall–Kier alpha value is -3.66. The van der Waals surface area contributed by atoms with Crippen molar-refractivity contribution in [1.29, 1.82) is 0 Å². The smallest absolute Gasteiger partial charge is 0.252 e. The second-order valence-corrected chi connectivity index (χ2v) is 10.7. The predicted molar refractivity (Wildman–Crippen MR) is 154 cm³/mol. The van der Waals surface area contributed by atoms with Gasteiger partial charge in [-0.1, -0.05) is 6.92 Å². The van der Waals surface area contributed by atoms with E-state index in [0.717, 1.165) is 74.2 Å². The van der Waals surface area contributed by atoms with E-state index >= 15 is 0 Å². The molecule has 208 valence electrons. The molecular weight excluding hydrogens is 494 g/mol. The monoisotopic (exact) mass is 533 g/mol. The van der Waals surface area contributed by atoms with Gasteiger partial charge in [0.25, 0.3) is 5.56 Å². The van der Waals surface area contributed by atoms with Crippen LogP contribution in [-0.4, -0.2) is 71.7 Å². The SMILES string of the molecule is CCC(=O)NC1CCC(n2c(=O)cc(C)c3cnc(Nc4ccc(N5CCN(C)CC5)cc4OC)nc32)CC1. The highest BCUT2D eigenvalue weighted by molar-refractivity contribution is 5.80. The first-order valence-electron chi connectivity index (χ1n) is 13.9. The Morgan fingerprint density at radius 2 is 1.85 bits per heavy atom. The molecule has 3 heterocycles. The summed E-state index contributed by atoms with van der Waals surface area (Å²) in [6.45, 7) is 7.80. The fourth-order valence-corrected chi connectivity index (χ4v) is 5.66. The van der Waals surface area contributed by atoms with Gasteiger partial charge >= 0.3 is 0 Å². The van der Waals surface area contributed by atoms with E-state index in [1.807, 2.05) is 30.5 Å². The molecule has 2 aliphatic rings. The van der Waals surface area contributed by atoms with Gasteiger partial charge in [-0.3, -0.25) is 14.2 Å². The lowest BCUT2D eigenvalue weighted by Crippen LogP contribution is -2.44. The van der Waals surface area contributed by atoms with Crippen LogP contribution in [0.25, 0.3) is 11.0 Å². The highest BCUT2D eigenvalue weighted by Gasteiger charge is 2.26. The molecule has 10 heteroatoms. The van der Waals surface area contributed by atoms with Gasteiger partial charge in [-0.15, -0.1) is 0 Å². The zero-order valence-electron chi connectivity index (χ0n) is 23.4. The average molecular weight is 534 g/mol. The van der Waals surface area contributed by atoms with Crippen LogP contribution in [0.2, 0.25) is 0 Å². The molecule has 2 aromatic heterocycles. The number of amides is 1. The molecule has 1 saturated carbocycles. The topological polar surface area (TPSA) is 105 Å². The minimum absolute atomic E-state index is 0.0236. The van der Waals surface area contributed by atoms with Crippen molar-refractivity contribution in [3.8, 4) is 5.75 Å². The Labute approximate surface area is 229 Å². The number of carbonyl (C=O) groups excluding carboxylic acids is 1. The highest BCUT2D eigenvalue weighted by atomic mass is 16.5. The van der Waals surface area contributed by atoms with Crippen molar-refractivity contribution in [2.45, 2.75) is 58.0 Å². The maximum absolute atomic E-state index is 13.2. The van der Waals surface area contributed by atoms with Crippen molar-refractivity contribution < 1.29 is 9.53 Å². The Bertz CT molecular complexity index is 1390. The molecule has 1 amide bonds. The molecule has 2 N–H and O–H groups in total. The number of pyridine rings is 1. The molecule has 3 aromatic rings. The van der Waals surface area contributed by atoms with Crippen molar-refractivity contribution in [2.24, 2.45) is 0 Å². The number of benzene rings is 1. The highest BCUT2D eigenvalue weighted by Crippen LogP contribution is 2.33. The molecule has 10 nitrogen and oxygen atoms in total. The summed E-state index contributed by atoms with van der Waals surface area (Å²) >= 11 is 0. The van der Waals surface area contributed by atoms with Gasteiger partial charge in [0.15, 0.2) is 0 Å². The van der Waals surface area contributed by atoms with Gasteiger partial charge in [-0.2, -0.15) is 4.98 Å². The zero-order chi connectivity index (χ0) is 27.5. The summed E-state index contributed by atoms with van der Waals surface area (Å²) in [5, 5.41) is 7.28. The van der Waals surface area contributed by atoms with Gasteiger partial charge in [0.05, 0.1) is 12.8 Å². The summed E-state index contributed by atoms with van der Waals surface area (Å²) in [6.07, 6.45) is 5.56. The van der Waals surface area contributed by atoms with Crippen LogP contribution < -0.4 is 25.8 Å². The van der Waals surface area contributed by atoms with Gasteiger partial charge in [0.1, 0.15) is 11.4 Å². The second-order valence-electron chi connectivity index (χ2n) is 10.7. The van der Waals surface area contributed by atoms with E-state index in [0.29, 0.717) is 23.8 Å². The maximum atomic E-state index is 13.2. The molecule has 0 bridgehead atoms. The van der Waals surface area contributed by atoms with E-state index in [1.54, 1.807) is 19.4 Å². The molecule has 0 unspecified atom stereocenters. The van der Waals surface area contributed by atoms with Gasteiger partial charge in [0.2, 0.25) is 11.9 Å². The second kappa shape index (κ2) is 11.6. The molecule has 0 atom stereocenters. The minimum atomic E-state index is -0.0557. The number of hydrogen-bond acceptors (Lipinski definition) is 8. The largest absolute Gasteiger partial charge is 0.494 e. The molecule has 1 aliphatic heterocycles. The minimum Gasteiger partial charge on any atom is -0.494 e. The van der Waals surface area contributed by atoms with Crippen LogP contribution in [0.15, 0.2) is 35.3 Å². The van der Waals surface area contributed by atoms with Crippen molar-refractivity contribution in [2.75, 3.05) is 50.6 Å². The number of fused-ring (bicyclic) bond motifs is 1. The molecule has 1 saturated heterocycles. The molecule has 5 rings (SSSR count). The third-order valence-corrected chi connectivity index (χ3v) is 8.05. The van der Waals surface area contributed by atoms with Crippen molar-refractivity contribution in [3.63, 3.8) is 0 Å². The first kappa shape index (κ1) is 26.9. The lowest BCUT2D eigenvalue weighted by atomic mass is 9.90. The van der Waals surface area contributed by atoms with E-state index in [-0.39, 0.29) is 23.6 Å². The first-order valence-corrected chi connectivity index (χ1v) is 13.9. The van der Waals surface area contributed by atoms with Gasteiger partial charge in [-0.25, -0.2) is 4.98 Å². The summed E-state index contributed by atoms with van der Waals surface area (Å²) in [5.41, 5.74) is 3.32. The lowest BCUT2D eigenvalue weighted by Gasteiger charge is -2.34. The Morgan fingerprint density at radius 3 is 2.54 bits per heavy atom. The van der Waals surface area contributed by atoms with Crippen molar-refractivity contribution in [1.82, 2.24) is 24.8 Å². The number of aromatic nitrogens is 3. The molecule has 1 aliphatic carbocycles. The van der Waals surface area contributed by atoms with Crippen LogP contribution in [0.1, 0.15) is 50.6 Å². The van der Waals surface area contributed by atoms with E-state index in [1.165, 1.54) is 0 Å². The van der Waals surface area contributed by atoms with E-state index in [9.17, 15) is 9.59 Å². The molecule has 0 spiro atoms. The van der Waals surface area contributed by atoms with E-state index < -0.39 is 0 Å². The summed E-state index contributed by atoms with van der Waals surface area (Å²) in [5.74, 6) is 1.20. The standard InChI is InChI=1S/C29H39N7O3/c1-5-26(37)31-20-6-8-21(9-7-20)36-27(38)16-19(2)23-18-30-29(33-28(23)36)32-24-11-10-22(17-25(24)39-4)35-14-12-34(3)13-15-35/h10-11,16-18,20-21H,5-9,12-15H2,1-4H3,(H,31,37)(H,30,32,33). The zero-order valence-corrected chi connectivity index (χ0v) is 23.4. The van der Waals surface area contributed by atoms with Crippen LogP contribution >= 0.6 is 0 Å². The average Bonchev–Trinajstić information content (AvgIpc) is 2.94. The fraction of sp³-hybridized carbons (Fsp3) is 0.517. The maximum Gasteiger partial charge on any atom is 0.252 e. The molecular formula is C29H39N7O3. The van der Waals surface area contributed by atoms with Crippen molar-refractivity contribution in [3.05, 3.63) is 46.4 Å². The fourth-order valence-electron chi connectivity index (χ4n) is 5.66. The molecule has 0 radical (unpaired) electrons. The summed E-state index contributed by atoms with van der Waals surface area (Å²) < 4.78 is 7.54. The van der Waals surface area contributed by atoms with Crippen LogP contribution in [0, 0.1) is 6.92 Å². The third-order valence-electron chi connectivity index (χ3n) is 8.05.